The van der Waals surface area contributed by atoms with E-state index in [1.54, 1.807) is 25.3 Å². The van der Waals surface area contributed by atoms with Crippen molar-refractivity contribution in [2.24, 2.45) is 0 Å². The molecule has 7 heteroatoms. The molecule has 1 fully saturated rings. The zero-order valence-electron chi connectivity index (χ0n) is 22.2. The first-order chi connectivity index (χ1) is 19.0. The van der Waals surface area contributed by atoms with Gasteiger partial charge in [0.2, 0.25) is 11.8 Å². The molecule has 1 aromatic heterocycles. The van der Waals surface area contributed by atoms with E-state index in [1.165, 1.54) is 11.0 Å². The number of rotatable bonds is 9. The minimum absolute atomic E-state index is 0.0204. The van der Waals surface area contributed by atoms with Crippen LogP contribution in [-0.4, -0.2) is 34.8 Å². The number of para-hydroxylation sites is 1. The predicted molar refractivity (Wildman–Crippen MR) is 150 cm³/mol. The smallest absolute Gasteiger partial charge is 0.247 e. The number of nitrogens with zero attached hydrogens (tertiary/aromatic N) is 1. The summed E-state index contributed by atoms with van der Waals surface area (Å²) in [7, 11) is 1.59. The van der Waals surface area contributed by atoms with E-state index < -0.39 is 11.9 Å². The molecule has 1 unspecified atom stereocenters. The van der Waals surface area contributed by atoms with Crippen LogP contribution < -0.4 is 10.1 Å². The Balaban J connectivity index is 1.52. The van der Waals surface area contributed by atoms with Crippen LogP contribution in [0.5, 0.6) is 5.75 Å². The number of hydrogen-bond donors (Lipinski definition) is 2. The lowest BCUT2D eigenvalue weighted by Gasteiger charge is -2.34. The lowest BCUT2D eigenvalue weighted by molar-refractivity contribution is -0.141. The van der Waals surface area contributed by atoms with Crippen LogP contribution in [0.4, 0.5) is 4.39 Å². The van der Waals surface area contributed by atoms with Crippen LogP contribution in [0.15, 0.2) is 79.0 Å². The molecule has 1 heterocycles. The van der Waals surface area contributed by atoms with Crippen LogP contribution in [0.3, 0.4) is 0 Å². The summed E-state index contributed by atoms with van der Waals surface area (Å²) in [5, 5.41) is 4.10. The SMILES string of the molecule is COc1ccc(CN(C(=O)Cc2c[nH]c3ccccc23)C(C(=O)NC2CCCCC2)c2ccccc2F)cc1. The Morgan fingerprint density at radius 1 is 1.00 bits per heavy atom. The fourth-order valence-electron chi connectivity index (χ4n) is 5.47. The molecule has 2 N–H and O–H groups in total. The van der Waals surface area contributed by atoms with Gasteiger partial charge in [-0.2, -0.15) is 0 Å². The summed E-state index contributed by atoms with van der Waals surface area (Å²) in [6, 6.07) is 20.3. The molecule has 0 saturated heterocycles. The Morgan fingerprint density at radius 3 is 2.46 bits per heavy atom. The third-order valence-electron chi connectivity index (χ3n) is 7.56. The monoisotopic (exact) mass is 527 g/mol. The van der Waals surface area contributed by atoms with Crippen molar-refractivity contribution in [3.05, 3.63) is 102 Å². The van der Waals surface area contributed by atoms with Crippen molar-refractivity contribution < 1.29 is 18.7 Å². The lowest BCUT2D eigenvalue weighted by Crippen LogP contribution is -2.47. The van der Waals surface area contributed by atoms with Crippen LogP contribution in [0.2, 0.25) is 0 Å². The number of fused-ring (bicyclic) bond motifs is 1. The largest absolute Gasteiger partial charge is 0.497 e. The molecule has 4 aromatic rings. The van der Waals surface area contributed by atoms with E-state index in [9.17, 15) is 9.59 Å². The standard InChI is InChI=1S/C32H34FN3O3/c1-39-25-17-15-22(16-18-25)21-36(30(37)19-23-20-34-29-14-8-6-11-26(23)29)31(27-12-5-7-13-28(27)33)32(38)35-24-9-3-2-4-10-24/h5-8,11-18,20,24,31,34H,2-4,9-10,19,21H2,1H3,(H,35,38). The molecule has 1 atom stereocenters. The average molecular weight is 528 g/mol. The van der Waals surface area contributed by atoms with E-state index in [2.05, 4.69) is 10.3 Å². The molecular weight excluding hydrogens is 493 g/mol. The number of aromatic nitrogens is 1. The van der Waals surface area contributed by atoms with Crippen LogP contribution >= 0.6 is 0 Å². The summed E-state index contributed by atoms with van der Waals surface area (Å²) in [5.41, 5.74) is 2.76. The van der Waals surface area contributed by atoms with Gasteiger partial charge in [-0.15, -0.1) is 0 Å². The fraction of sp³-hybridized carbons (Fsp3) is 0.312. The summed E-state index contributed by atoms with van der Waals surface area (Å²) in [4.78, 5) is 32.7. The van der Waals surface area contributed by atoms with Crippen LogP contribution in [0.25, 0.3) is 10.9 Å². The molecule has 1 aliphatic carbocycles. The Hall–Kier alpha value is -4.13. The van der Waals surface area contributed by atoms with Gasteiger partial charge in [-0.3, -0.25) is 9.59 Å². The second-order valence-electron chi connectivity index (χ2n) is 10.2. The number of nitrogens with one attached hydrogen (secondary N) is 2. The third-order valence-corrected chi connectivity index (χ3v) is 7.56. The van der Waals surface area contributed by atoms with Gasteiger partial charge in [0.25, 0.3) is 0 Å². The maximum Gasteiger partial charge on any atom is 0.247 e. The number of methoxy groups -OCH3 is 1. The Kier molecular flexibility index (Phi) is 8.25. The zero-order valence-corrected chi connectivity index (χ0v) is 22.2. The van der Waals surface area contributed by atoms with E-state index in [0.29, 0.717) is 5.75 Å². The molecule has 6 nitrogen and oxygen atoms in total. The first-order valence-electron chi connectivity index (χ1n) is 13.6. The maximum absolute atomic E-state index is 15.3. The van der Waals surface area contributed by atoms with Gasteiger partial charge in [-0.05, 0) is 48.2 Å². The first kappa shape index (κ1) is 26.5. The molecule has 0 bridgehead atoms. The lowest BCUT2D eigenvalue weighted by atomic mass is 9.94. The van der Waals surface area contributed by atoms with E-state index in [-0.39, 0.29) is 36.4 Å². The highest BCUT2D eigenvalue weighted by atomic mass is 19.1. The van der Waals surface area contributed by atoms with Gasteiger partial charge in [-0.25, -0.2) is 4.39 Å². The number of aromatic amines is 1. The molecular formula is C32H34FN3O3. The molecule has 202 valence electrons. The topological polar surface area (TPSA) is 74.4 Å². The normalized spacial score (nSPS) is 14.6. The number of carbonyl (C=O) groups excluding carboxylic acids is 2. The second kappa shape index (κ2) is 12.2. The Labute approximate surface area is 228 Å². The predicted octanol–water partition coefficient (Wildman–Crippen LogP) is 6.08. The van der Waals surface area contributed by atoms with Crippen LogP contribution in [0, 0.1) is 5.82 Å². The summed E-state index contributed by atoms with van der Waals surface area (Å²) in [5.74, 6) is -0.438. The zero-order chi connectivity index (χ0) is 27.2. The third kappa shape index (κ3) is 6.14. The highest BCUT2D eigenvalue weighted by Gasteiger charge is 2.35. The summed E-state index contributed by atoms with van der Waals surface area (Å²) in [6.07, 6.45) is 6.91. The van der Waals surface area contributed by atoms with E-state index in [4.69, 9.17) is 4.74 Å². The number of ether oxygens (including phenoxy) is 1. The van der Waals surface area contributed by atoms with Gasteiger partial charge in [0, 0.05) is 35.2 Å². The highest BCUT2D eigenvalue weighted by Crippen LogP contribution is 2.29. The van der Waals surface area contributed by atoms with Crippen molar-refractivity contribution in [2.75, 3.05) is 7.11 Å². The summed E-state index contributed by atoms with van der Waals surface area (Å²) >= 11 is 0. The van der Waals surface area contributed by atoms with Crippen molar-refractivity contribution >= 4 is 22.7 Å². The van der Waals surface area contributed by atoms with Crippen molar-refractivity contribution in [1.82, 2.24) is 15.2 Å². The Bertz CT molecular complexity index is 1430. The summed E-state index contributed by atoms with van der Waals surface area (Å²) in [6.45, 7) is 0.141. The van der Waals surface area contributed by atoms with Gasteiger partial charge >= 0.3 is 0 Å². The number of halogens is 1. The molecule has 1 saturated carbocycles. The van der Waals surface area contributed by atoms with Crippen molar-refractivity contribution in [2.45, 2.75) is 57.2 Å². The van der Waals surface area contributed by atoms with Crippen LogP contribution in [0.1, 0.15) is 54.8 Å². The molecule has 39 heavy (non-hydrogen) atoms. The molecule has 2 amide bonds. The van der Waals surface area contributed by atoms with Gasteiger partial charge < -0.3 is 19.9 Å². The molecule has 3 aromatic carbocycles. The van der Waals surface area contributed by atoms with Crippen molar-refractivity contribution in [3.63, 3.8) is 0 Å². The number of benzene rings is 3. The number of H-pyrrole nitrogens is 1. The van der Waals surface area contributed by atoms with E-state index in [0.717, 1.165) is 54.1 Å². The Morgan fingerprint density at radius 2 is 1.72 bits per heavy atom. The fourth-order valence-corrected chi connectivity index (χ4v) is 5.47. The van der Waals surface area contributed by atoms with Gasteiger partial charge in [0.05, 0.1) is 13.5 Å². The quantitative estimate of drug-likeness (QED) is 0.277. The highest BCUT2D eigenvalue weighted by molar-refractivity contribution is 5.92. The molecule has 0 radical (unpaired) electrons. The van der Waals surface area contributed by atoms with Gasteiger partial charge in [-0.1, -0.05) is 67.8 Å². The molecule has 0 aliphatic heterocycles. The number of carbonyl (C=O) groups is 2. The van der Waals surface area contributed by atoms with Gasteiger partial charge in [0.1, 0.15) is 17.6 Å². The number of hydrogen-bond acceptors (Lipinski definition) is 3. The van der Waals surface area contributed by atoms with E-state index in [1.807, 2.05) is 54.7 Å². The number of amides is 2. The average Bonchev–Trinajstić information content (AvgIpc) is 3.37. The first-order valence-corrected chi connectivity index (χ1v) is 13.6. The molecule has 1 aliphatic rings. The summed E-state index contributed by atoms with van der Waals surface area (Å²) < 4.78 is 20.6. The van der Waals surface area contributed by atoms with Gasteiger partial charge in [0.15, 0.2) is 0 Å². The van der Waals surface area contributed by atoms with Crippen molar-refractivity contribution in [3.8, 4) is 5.75 Å². The minimum Gasteiger partial charge on any atom is -0.497 e. The van der Waals surface area contributed by atoms with Crippen molar-refractivity contribution in [1.29, 1.82) is 0 Å². The maximum atomic E-state index is 15.3. The van der Waals surface area contributed by atoms with E-state index >= 15 is 4.39 Å². The second-order valence-corrected chi connectivity index (χ2v) is 10.2. The minimum atomic E-state index is -1.12. The molecule has 5 rings (SSSR count). The van der Waals surface area contributed by atoms with Crippen LogP contribution in [-0.2, 0) is 22.6 Å². The molecule has 0 spiro atoms.